The van der Waals surface area contributed by atoms with Crippen LogP contribution in [0, 0.1) is 0 Å². The maximum absolute atomic E-state index is 14.1. The minimum Gasteiger partial charge on any atom is -0.454 e. The van der Waals surface area contributed by atoms with Crippen LogP contribution in [-0.4, -0.2) is 41.7 Å². The Morgan fingerprint density at radius 1 is 1.03 bits per heavy atom. The molecule has 3 aliphatic heterocycles. The summed E-state index contributed by atoms with van der Waals surface area (Å²) in [5, 5.41) is 10.1. The number of anilines is 3. The number of nitrogens with zero attached hydrogens (tertiary/aromatic N) is 3. The van der Waals surface area contributed by atoms with Crippen LogP contribution in [0.1, 0.15) is 53.8 Å². The smallest absolute Gasteiger partial charge is 0.410 e. The largest absolute Gasteiger partial charge is 0.454 e. The Bertz CT molecular complexity index is 1320. The lowest BCUT2D eigenvalue weighted by molar-refractivity contribution is -0.173. The number of ether oxygens (including phenoxy) is 2. The molecule has 0 saturated carbocycles. The molecule has 3 aromatic rings. The molecular formula is C26H26F3N5O3. The number of rotatable bonds is 4. The van der Waals surface area contributed by atoms with Gasteiger partial charge in [0.1, 0.15) is 5.82 Å². The zero-order valence-corrected chi connectivity index (χ0v) is 19.9. The molecule has 3 aliphatic rings. The number of aromatic nitrogens is 2. The van der Waals surface area contributed by atoms with Crippen molar-refractivity contribution in [1.29, 1.82) is 0 Å². The standard InChI is InChI=1S/C26H26F3N5O3/c27-26(28,29)23-13-18(16-8-9-21-22(12-16)37-15-36-21)30-24-14-19(32-34(23)24)25(35)31-17-6-2-3-7-20(17)33-10-4-1-5-11-33/h2-3,6-9,12,14,18,23,30H,1,4-5,10-11,13,15H2,(H,31,35)/t18-,23-/m0/s1. The first-order valence-corrected chi connectivity index (χ1v) is 12.3. The quantitative estimate of drug-likeness (QED) is 0.479. The molecular weight excluding hydrogens is 487 g/mol. The fraction of sp³-hybridized carbons (Fsp3) is 0.385. The summed E-state index contributed by atoms with van der Waals surface area (Å²) in [6.07, 6.45) is -1.51. The van der Waals surface area contributed by atoms with E-state index >= 15 is 0 Å². The second-order valence-electron chi connectivity index (χ2n) is 9.48. The van der Waals surface area contributed by atoms with Gasteiger partial charge in [-0.25, -0.2) is 4.68 Å². The number of hydrogen-bond acceptors (Lipinski definition) is 6. The number of carbonyl (C=O) groups is 1. The van der Waals surface area contributed by atoms with Gasteiger partial charge in [0.2, 0.25) is 6.79 Å². The summed E-state index contributed by atoms with van der Waals surface area (Å²) in [6, 6.07) is 11.4. The third-order valence-electron chi connectivity index (χ3n) is 7.07. The molecule has 2 atom stereocenters. The molecule has 0 aliphatic carbocycles. The van der Waals surface area contributed by atoms with Crippen LogP contribution in [0.2, 0.25) is 0 Å². The molecule has 1 saturated heterocycles. The molecule has 37 heavy (non-hydrogen) atoms. The van der Waals surface area contributed by atoms with Crippen molar-refractivity contribution >= 4 is 23.1 Å². The van der Waals surface area contributed by atoms with Gasteiger partial charge in [0, 0.05) is 25.6 Å². The number of benzene rings is 2. The number of piperidine rings is 1. The predicted molar refractivity (Wildman–Crippen MR) is 131 cm³/mol. The molecule has 6 rings (SSSR count). The van der Waals surface area contributed by atoms with Crippen LogP contribution in [0.3, 0.4) is 0 Å². The van der Waals surface area contributed by atoms with E-state index in [1.165, 1.54) is 12.5 Å². The molecule has 2 aromatic carbocycles. The van der Waals surface area contributed by atoms with Crippen LogP contribution in [0.4, 0.5) is 30.4 Å². The van der Waals surface area contributed by atoms with Gasteiger partial charge in [-0.1, -0.05) is 18.2 Å². The van der Waals surface area contributed by atoms with E-state index in [-0.39, 0.29) is 24.7 Å². The third kappa shape index (κ3) is 4.54. The normalized spacial score (nSPS) is 20.8. The number of amides is 1. The van der Waals surface area contributed by atoms with Crippen LogP contribution >= 0.6 is 0 Å². The molecule has 0 radical (unpaired) electrons. The summed E-state index contributed by atoms with van der Waals surface area (Å²) < 4.78 is 53.9. The molecule has 1 fully saturated rings. The second-order valence-corrected chi connectivity index (χ2v) is 9.48. The van der Waals surface area contributed by atoms with Crippen molar-refractivity contribution in [2.75, 3.05) is 35.4 Å². The van der Waals surface area contributed by atoms with E-state index in [1.54, 1.807) is 24.3 Å². The number of fused-ring (bicyclic) bond motifs is 2. The van der Waals surface area contributed by atoms with E-state index in [4.69, 9.17) is 9.47 Å². The van der Waals surface area contributed by atoms with Gasteiger partial charge >= 0.3 is 6.18 Å². The minimum absolute atomic E-state index is 0.0776. The Hall–Kier alpha value is -3.89. The molecule has 194 valence electrons. The van der Waals surface area contributed by atoms with E-state index < -0.39 is 24.2 Å². The molecule has 0 unspecified atom stereocenters. The van der Waals surface area contributed by atoms with E-state index in [2.05, 4.69) is 20.6 Å². The average Bonchev–Trinajstić information content (AvgIpc) is 3.55. The maximum Gasteiger partial charge on any atom is 0.410 e. The van der Waals surface area contributed by atoms with Gasteiger partial charge in [-0.15, -0.1) is 0 Å². The van der Waals surface area contributed by atoms with E-state index in [0.717, 1.165) is 36.3 Å². The lowest BCUT2D eigenvalue weighted by Crippen LogP contribution is -2.35. The van der Waals surface area contributed by atoms with E-state index in [1.807, 2.05) is 18.2 Å². The number of para-hydroxylation sites is 2. The van der Waals surface area contributed by atoms with Gasteiger partial charge < -0.3 is 25.0 Å². The summed E-state index contributed by atoms with van der Waals surface area (Å²) in [4.78, 5) is 15.4. The first-order chi connectivity index (χ1) is 17.9. The average molecular weight is 514 g/mol. The number of halogens is 3. The number of carbonyl (C=O) groups excluding carboxylic acids is 1. The fourth-order valence-corrected chi connectivity index (χ4v) is 5.21. The van der Waals surface area contributed by atoms with Gasteiger partial charge in [0.15, 0.2) is 23.2 Å². The predicted octanol–water partition coefficient (Wildman–Crippen LogP) is 5.51. The molecule has 2 N–H and O–H groups in total. The second kappa shape index (κ2) is 9.20. The van der Waals surface area contributed by atoms with Crippen LogP contribution in [0.15, 0.2) is 48.5 Å². The summed E-state index contributed by atoms with van der Waals surface area (Å²) in [7, 11) is 0. The Morgan fingerprint density at radius 2 is 1.81 bits per heavy atom. The van der Waals surface area contributed by atoms with Crippen LogP contribution in [-0.2, 0) is 0 Å². The van der Waals surface area contributed by atoms with Gasteiger partial charge in [-0.2, -0.15) is 18.3 Å². The van der Waals surface area contributed by atoms with Crippen molar-refractivity contribution in [2.24, 2.45) is 0 Å². The van der Waals surface area contributed by atoms with Crippen LogP contribution < -0.4 is 25.0 Å². The highest BCUT2D eigenvalue weighted by molar-refractivity contribution is 6.05. The summed E-state index contributed by atoms with van der Waals surface area (Å²) in [5.41, 5.74) is 2.05. The van der Waals surface area contributed by atoms with E-state index in [0.29, 0.717) is 22.7 Å². The topological polar surface area (TPSA) is 80.7 Å². The summed E-state index contributed by atoms with van der Waals surface area (Å²) in [5.74, 6) is 0.620. The molecule has 1 aromatic heterocycles. The van der Waals surface area contributed by atoms with Crippen molar-refractivity contribution in [3.63, 3.8) is 0 Å². The number of nitrogens with one attached hydrogen (secondary N) is 2. The van der Waals surface area contributed by atoms with Gasteiger partial charge in [0.25, 0.3) is 5.91 Å². The Labute approximate surface area is 211 Å². The first-order valence-electron chi connectivity index (χ1n) is 12.3. The fourth-order valence-electron chi connectivity index (χ4n) is 5.21. The molecule has 8 nitrogen and oxygen atoms in total. The number of alkyl halides is 3. The molecule has 0 spiro atoms. The Morgan fingerprint density at radius 3 is 2.62 bits per heavy atom. The lowest BCUT2D eigenvalue weighted by Gasteiger charge is -2.33. The monoisotopic (exact) mass is 513 g/mol. The van der Waals surface area contributed by atoms with Gasteiger partial charge in [0.05, 0.1) is 17.4 Å². The van der Waals surface area contributed by atoms with Crippen molar-refractivity contribution in [3.05, 3.63) is 59.8 Å². The van der Waals surface area contributed by atoms with Crippen molar-refractivity contribution in [3.8, 4) is 11.5 Å². The van der Waals surface area contributed by atoms with E-state index in [9.17, 15) is 18.0 Å². The molecule has 0 bridgehead atoms. The zero-order chi connectivity index (χ0) is 25.6. The van der Waals surface area contributed by atoms with Crippen LogP contribution in [0.25, 0.3) is 0 Å². The van der Waals surface area contributed by atoms with Crippen molar-refractivity contribution in [2.45, 2.75) is 43.9 Å². The van der Waals surface area contributed by atoms with Gasteiger partial charge in [-0.05, 0) is 49.1 Å². The highest BCUT2D eigenvalue weighted by Gasteiger charge is 2.47. The van der Waals surface area contributed by atoms with Crippen molar-refractivity contribution in [1.82, 2.24) is 9.78 Å². The first kappa shape index (κ1) is 23.5. The molecule has 1 amide bonds. The SMILES string of the molecule is O=C(Nc1ccccc1N1CCCCC1)c1cc2n(n1)[C@H](C(F)(F)F)C[C@@H](c1ccc3c(c1)OCO3)N2. The van der Waals surface area contributed by atoms with Crippen LogP contribution in [0.5, 0.6) is 11.5 Å². The number of hydrogen-bond donors (Lipinski definition) is 2. The minimum atomic E-state index is -4.55. The molecule has 4 heterocycles. The third-order valence-corrected chi connectivity index (χ3v) is 7.07. The Balaban J connectivity index is 1.27. The van der Waals surface area contributed by atoms with Gasteiger partial charge in [-0.3, -0.25) is 4.79 Å². The molecule has 11 heteroatoms. The summed E-state index contributed by atoms with van der Waals surface area (Å²) >= 11 is 0. The zero-order valence-electron chi connectivity index (χ0n) is 19.9. The van der Waals surface area contributed by atoms with Crippen molar-refractivity contribution < 1.29 is 27.4 Å². The maximum atomic E-state index is 14.1. The summed E-state index contributed by atoms with van der Waals surface area (Å²) in [6.45, 7) is 1.86. The highest BCUT2D eigenvalue weighted by Crippen LogP contribution is 2.45. The highest BCUT2D eigenvalue weighted by atomic mass is 19.4. The lowest BCUT2D eigenvalue weighted by atomic mass is 9.96. The Kier molecular flexibility index (Phi) is 5.85.